The molecule has 1 aliphatic carbocycles. The Hall–Kier alpha value is -4.43. The topological polar surface area (TPSA) is 70.2 Å². The van der Waals surface area contributed by atoms with Crippen molar-refractivity contribution in [3.63, 3.8) is 0 Å². The molecule has 1 heterocycles. The third-order valence-corrected chi connectivity index (χ3v) is 6.45. The van der Waals surface area contributed by atoms with Crippen LogP contribution in [0, 0.1) is 6.92 Å². The Labute approximate surface area is 226 Å². The van der Waals surface area contributed by atoms with E-state index in [1.165, 1.54) is 12.2 Å². The van der Waals surface area contributed by atoms with Gasteiger partial charge in [0.05, 0.1) is 11.2 Å². The summed E-state index contributed by atoms with van der Waals surface area (Å²) in [7, 11) is 4.00. The van der Waals surface area contributed by atoms with Crippen molar-refractivity contribution in [3.05, 3.63) is 107 Å². The van der Waals surface area contributed by atoms with E-state index in [2.05, 4.69) is 31.6 Å². The van der Waals surface area contributed by atoms with Crippen LogP contribution in [0.4, 0.5) is 26.1 Å². The summed E-state index contributed by atoms with van der Waals surface area (Å²) in [6.07, 6.45) is 1.12. The van der Waals surface area contributed by atoms with Crippen molar-refractivity contribution in [1.29, 1.82) is 0 Å². The Bertz CT molecular complexity index is 1590. The van der Waals surface area contributed by atoms with Crippen molar-refractivity contribution in [2.45, 2.75) is 26.1 Å². The van der Waals surface area contributed by atoms with Crippen LogP contribution < -0.4 is 10.6 Å². The average Bonchev–Trinajstić information content (AvgIpc) is 2.90. The minimum absolute atomic E-state index is 0.214. The number of halogens is 2. The molecule has 1 aromatic heterocycles. The first-order chi connectivity index (χ1) is 18.8. The Morgan fingerprint density at radius 3 is 2.56 bits per heavy atom. The first kappa shape index (κ1) is 26.2. The number of nitrogens with one attached hydrogen (secondary N) is 2. The van der Waals surface area contributed by atoms with Gasteiger partial charge in [0, 0.05) is 40.9 Å². The Kier molecular flexibility index (Phi) is 7.47. The fraction of sp³-hybridized carbons (Fsp3) is 0.194. The van der Waals surface area contributed by atoms with Crippen molar-refractivity contribution in [2.75, 3.05) is 24.7 Å². The van der Waals surface area contributed by atoms with E-state index < -0.39 is 12.0 Å². The molecular weight excluding hydrogens is 496 g/mol. The second-order valence-electron chi connectivity index (χ2n) is 9.85. The molecule has 198 valence electrons. The number of nitrogens with zero attached hydrogens (tertiary/aromatic N) is 3. The molecule has 1 atom stereocenters. The van der Waals surface area contributed by atoms with E-state index in [4.69, 9.17) is 0 Å². The molecule has 0 saturated carbocycles. The van der Waals surface area contributed by atoms with Crippen LogP contribution >= 0.6 is 0 Å². The minimum atomic E-state index is -1.35. The zero-order chi connectivity index (χ0) is 27.5. The van der Waals surface area contributed by atoms with Gasteiger partial charge in [-0.1, -0.05) is 36.4 Å². The molecule has 1 aliphatic rings. The van der Waals surface area contributed by atoms with Crippen molar-refractivity contribution < 1.29 is 13.6 Å². The van der Waals surface area contributed by atoms with E-state index in [1.54, 1.807) is 24.3 Å². The molecule has 0 fully saturated rings. The Balaban J connectivity index is 1.36. The molecular formula is C31H29F2N5O. The largest absolute Gasteiger partial charge is 0.324 e. The summed E-state index contributed by atoms with van der Waals surface area (Å²) in [6, 6.07) is 20.3. The molecule has 2 N–H and O–H groups in total. The van der Waals surface area contributed by atoms with Gasteiger partial charge in [-0.05, 0) is 74.6 Å². The number of aromatic nitrogens is 2. The van der Waals surface area contributed by atoms with Crippen LogP contribution in [0.25, 0.3) is 16.5 Å². The number of amides is 1. The number of fused-ring (bicyclic) bond motifs is 1. The summed E-state index contributed by atoms with van der Waals surface area (Å²) in [5, 5.41) is 6.83. The number of rotatable bonds is 7. The molecule has 6 nitrogen and oxygen atoms in total. The monoisotopic (exact) mass is 525 g/mol. The van der Waals surface area contributed by atoms with E-state index in [9.17, 15) is 13.6 Å². The van der Waals surface area contributed by atoms with Crippen LogP contribution in [0.3, 0.4) is 0 Å². The highest BCUT2D eigenvalue weighted by atomic mass is 19.1. The molecule has 0 saturated heterocycles. The standard InChI is InChI=1S/C31H29F2N5O/c1-19-8-9-20(18-38(2)3)16-28(19)35-30(39)21-10-13-23(14-11-21)34-31-36-27-7-5-4-6-25(27)29(37-31)24-15-12-22(32)17-26(24)33/h4-16,22H,17-18H2,1-3H3,(H,35,39)(H,34,36,37). The summed E-state index contributed by atoms with van der Waals surface area (Å²) in [4.78, 5) is 24.2. The number of hydrogen-bond acceptors (Lipinski definition) is 5. The zero-order valence-corrected chi connectivity index (χ0v) is 22.0. The lowest BCUT2D eigenvalue weighted by Gasteiger charge is -2.15. The highest BCUT2D eigenvalue weighted by Crippen LogP contribution is 2.33. The molecule has 0 aliphatic heterocycles. The van der Waals surface area contributed by atoms with E-state index in [1.807, 2.05) is 57.4 Å². The normalized spacial score (nSPS) is 15.2. The number of alkyl halides is 1. The number of hydrogen-bond donors (Lipinski definition) is 2. The molecule has 3 aromatic carbocycles. The molecule has 8 heteroatoms. The molecule has 0 bridgehead atoms. The SMILES string of the molecule is Cc1ccc(CN(C)C)cc1NC(=O)c1ccc(Nc2nc(C3=C(F)CC(F)C=C3)c3ccccc3n2)cc1. The first-order valence-electron chi connectivity index (χ1n) is 12.7. The van der Waals surface area contributed by atoms with Gasteiger partial charge in [-0.15, -0.1) is 0 Å². The Morgan fingerprint density at radius 1 is 1.05 bits per heavy atom. The number of allylic oxidation sites excluding steroid dienone is 4. The number of carbonyl (C=O) groups excluding carboxylic acids is 1. The minimum Gasteiger partial charge on any atom is -0.324 e. The summed E-state index contributed by atoms with van der Waals surface area (Å²) in [5.74, 6) is -0.489. The lowest BCUT2D eigenvalue weighted by molar-refractivity contribution is 0.102. The molecule has 4 aromatic rings. The highest BCUT2D eigenvalue weighted by Gasteiger charge is 2.20. The maximum atomic E-state index is 14.7. The highest BCUT2D eigenvalue weighted by molar-refractivity contribution is 6.05. The van der Waals surface area contributed by atoms with Gasteiger partial charge in [-0.3, -0.25) is 4.79 Å². The number of aryl methyl sites for hydroxylation is 1. The van der Waals surface area contributed by atoms with Crippen LogP contribution in [-0.2, 0) is 6.54 Å². The number of benzene rings is 3. The van der Waals surface area contributed by atoms with E-state index >= 15 is 0 Å². The number of anilines is 3. The number of para-hydroxylation sites is 1. The predicted octanol–water partition coefficient (Wildman–Crippen LogP) is 6.97. The lowest BCUT2D eigenvalue weighted by atomic mass is 9.99. The van der Waals surface area contributed by atoms with Crippen molar-refractivity contribution in [3.8, 4) is 0 Å². The quantitative estimate of drug-likeness (QED) is 0.273. The Morgan fingerprint density at radius 2 is 1.82 bits per heavy atom. The molecule has 5 rings (SSSR count). The van der Waals surface area contributed by atoms with Crippen molar-refractivity contribution in [2.24, 2.45) is 0 Å². The molecule has 0 radical (unpaired) electrons. The van der Waals surface area contributed by atoms with Gasteiger partial charge in [0.25, 0.3) is 5.91 Å². The molecule has 1 unspecified atom stereocenters. The number of carbonyl (C=O) groups is 1. The predicted molar refractivity (Wildman–Crippen MR) is 152 cm³/mol. The second kappa shape index (κ2) is 11.1. The maximum Gasteiger partial charge on any atom is 0.255 e. The van der Waals surface area contributed by atoms with E-state index in [-0.39, 0.29) is 23.8 Å². The third-order valence-electron chi connectivity index (χ3n) is 6.45. The smallest absolute Gasteiger partial charge is 0.255 e. The van der Waals surface area contributed by atoms with Gasteiger partial charge < -0.3 is 15.5 Å². The average molecular weight is 526 g/mol. The first-order valence-corrected chi connectivity index (χ1v) is 12.7. The lowest BCUT2D eigenvalue weighted by Crippen LogP contribution is -2.14. The van der Waals surface area contributed by atoms with Crippen LogP contribution in [-0.4, -0.2) is 41.0 Å². The van der Waals surface area contributed by atoms with Crippen LogP contribution in [0.5, 0.6) is 0 Å². The zero-order valence-electron chi connectivity index (χ0n) is 22.0. The summed E-state index contributed by atoms with van der Waals surface area (Å²) in [5.41, 5.74) is 5.30. The second-order valence-corrected chi connectivity index (χ2v) is 9.85. The van der Waals surface area contributed by atoms with E-state index in [0.717, 1.165) is 23.4 Å². The molecule has 39 heavy (non-hydrogen) atoms. The summed E-state index contributed by atoms with van der Waals surface area (Å²) >= 11 is 0. The van der Waals surface area contributed by atoms with Crippen molar-refractivity contribution >= 4 is 39.7 Å². The fourth-order valence-corrected chi connectivity index (χ4v) is 4.48. The van der Waals surface area contributed by atoms with Gasteiger partial charge in [-0.2, -0.15) is 0 Å². The van der Waals surface area contributed by atoms with Gasteiger partial charge in [-0.25, -0.2) is 18.7 Å². The van der Waals surface area contributed by atoms with Crippen molar-refractivity contribution in [1.82, 2.24) is 14.9 Å². The third kappa shape index (κ3) is 6.02. The molecule has 1 amide bonds. The van der Waals surface area contributed by atoms with Crippen LogP contribution in [0.2, 0.25) is 0 Å². The summed E-state index contributed by atoms with van der Waals surface area (Å²) in [6.45, 7) is 2.74. The van der Waals surface area contributed by atoms with Crippen LogP contribution in [0.15, 0.2) is 84.7 Å². The fourth-order valence-electron chi connectivity index (χ4n) is 4.48. The van der Waals surface area contributed by atoms with Gasteiger partial charge in [0.15, 0.2) is 0 Å². The maximum absolute atomic E-state index is 14.7. The van der Waals surface area contributed by atoms with Gasteiger partial charge >= 0.3 is 0 Å². The summed E-state index contributed by atoms with van der Waals surface area (Å²) < 4.78 is 28.4. The molecule has 0 spiro atoms. The van der Waals surface area contributed by atoms with Gasteiger partial charge in [0.2, 0.25) is 5.95 Å². The van der Waals surface area contributed by atoms with Gasteiger partial charge in [0.1, 0.15) is 12.0 Å². The van der Waals surface area contributed by atoms with E-state index in [0.29, 0.717) is 27.8 Å². The van der Waals surface area contributed by atoms with Crippen LogP contribution in [0.1, 0.15) is 33.6 Å².